The lowest BCUT2D eigenvalue weighted by Crippen LogP contribution is -2.40. The molecule has 136 valence electrons. The van der Waals surface area contributed by atoms with Gasteiger partial charge >= 0.3 is 6.18 Å². The number of nitrogens with zero attached hydrogens (tertiary/aromatic N) is 5. The quantitative estimate of drug-likeness (QED) is 0.848. The van der Waals surface area contributed by atoms with Gasteiger partial charge in [0.05, 0.1) is 6.42 Å². The van der Waals surface area contributed by atoms with E-state index in [0.717, 1.165) is 24.7 Å². The Hall–Kier alpha value is -2.32. The minimum absolute atomic E-state index is 0.0430. The Morgan fingerprint density at radius 1 is 1.36 bits per heavy atom. The highest BCUT2D eigenvalue weighted by atomic mass is 19.4. The molecular weight excluding hydrogens is 335 g/mol. The van der Waals surface area contributed by atoms with Crippen LogP contribution < -0.4 is 0 Å². The van der Waals surface area contributed by atoms with E-state index in [1.54, 1.807) is 35.9 Å². The van der Waals surface area contributed by atoms with Gasteiger partial charge in [-0.05, 0) is 18.9 Å². The van der Waals surface area contributed by atoms with Gasteiger partial charge in [0, 0.05) is 51.2 Å². The van der Waals surface area contributed by atoms with E-state index in [4.69, 9.17) is 0 Å². The fraction of sp³-hybridized carbons (Fsp3) is 0.562. The summed E-state index contributed by atoms with van der Waals surface area (Å²) >= 11 is 0. The molecule has 1 aliphatic heterocycles. The monoisotopic (exact) mass is 355 g/mol. The summed E-state index contributed by atoms with van der Waals surface area (Å²) in [6, 6.07) is 1.79. The Labute approximate surface area is 143 Å². The molecular formula is C16H20F3N5O. The third-order valence-electron chi connectivity index (χ3n) is 4.60. The topological polar surface area (TPSA) is 56.0 Å². The number of carbonyl (C=O) groups is 1. The first-order valence-corrected chi connectivity index (χ1v) is 8.11. The number of carbonyl (C=O) groups excluding carboxylic acids is 1. The van der Waals surface area contributed by atoms with Crippen LogP contribution in [-0.4, -0.2) is 43.2 Å². The molecule has 0 N–H and O–H groups in total. The van der Waals surface area contributed by atoms with Crippen LogP contribution in [0.4, 0.5) is 13.2 Å². The maximum Gasteiger partial charge on any atom is 0.434 e. The summed E-state index contributed by atoms with van der Waals surface area (Å²) < 4.78 is 41.6. The van der Waals surface area contributed by atoms with Gasteiger partial charge in [0.15, 0.2) is 5.69 Å². The number of likely N-dealkylation sites (tertiary alicyclic amines) is 1. The molecule has 3 heterocycles. The van der Waals surface area contributed by atoms with Crippen molar-refractivity contribution in [3.8, 4) is 0 Å². The van der Waals surface area contributed by atoms with Crippen LogP contribution in [-0.2, 0) is 31.5 Å². The van der Waals surface area contributed by atoms with Crippen molar-refractivity contribution in [3.05, 3.63) is 35.7 Å². The number of imidazole rings is 1. The summed E-state index contributed by atoms with van der Waals surface area (Å²) in [6.45, 7) is 1.00. The van der Waals surface area contributed by atoms with E-state index in [2.05, 4.69) is 10.1 Å². The van der Waals surface area contributed by atoms with Gasteiger partial charge in [0.2, 0.25) is 5.91 Å². The average Bonchev–Trinajstić information content (AvgIpc) is 3.13. The molecule has 3 rings (SSSR count). The molecule has 0 saturated carbocycles. The number of alkyl halides is 3. The lowest BCUT2D eigenvalue weighted by atomic mass is 9.96. The van der Waals surface area contributed by atoms with Crippen LogP contribution in [0.3, 0.4) is 0 Å². The number of hydrogen-bond acceptors (Lipinski definition) is 3. The van der Waals surface area contributed by atoms with Crippen molar-refractivity contribution >= 4 is 5.91 Å². The van der Waals surface area contributed by atoms with Crippen molar-refractivity contribution in [1.82, 2.24) is 24.2 Å². The fourth-order valence-corrected chi connectivity index (χ4v) is 3.25. The van der Waals surface area contributed by atoms with Gasteiger partial charge in [-0.2, -0.15) is 18.3 Å². The summed E-state index contributed by atoms with van der Waals surface area (Å²) in [5.74, 6) is 0.147. The minimum atomic E-state index is -4.46. The largest absolute Gasteiger partial charge is 0.434 e. The van der Waals surface area contributed by atoms with Gasteiger partial charge in [0.1, 0.15) is 5.82 Å². The third-order valence-corrected chi connectivity index (χ3v) is 4.60. The normalized spacial score (nSPS) is 18.6. The Balaban J connectivity index is 1.72. The molecule has 1 saturated heterocycles. The predicted molar refractivity (Wildman–Crippen MR) is 83.7 cm³/mol. The molecule has 1 amide bonds. The van der Waals surface area contributed by atoms with Gasteiger partial charge in [-0.1, -0.05) is 0 Å². The number of amides is 1. The molecule has 0 aliphatic carbocycles. The number of aromatic nitrogens is 4. The number of halogens is 3. The summed E-state index contributed by atoms with van der Waals surface area (Å²) in [5, 5.41) is 4.04. The number of aryl methyl sites for hydroxylation is 2. The molecule has 0 bridgehead atoms. The van der Waals surface area contributed by atoms with Crippen molar-refractivity contribution in [3.63, 3.8) is 0 Å². The highest BCUT2D eigenvalue weighted by Gasteiger charge is 2.36. The molecule has 1 atom stereocenters. The fourth-order valence-electron chi connectivity index (χ4n) is 3.25. The third kappa shape index (κ3) is 3.69. The zero-order chi connectivity index (χ0) is 18.2. The van der Waals surface area contributed by atoms with Crippen molar-refractivity contribution in [1.29, 1.82) is 0 Å². The second-order valence-corrected chi connectivity index (χ2v) is 6.39. The van der Waals surface area contributed by atoms with E-state index < -0.39 is 11.9 Å². The van der Waals surface area contributed by atoms with E-state index in [0.29, 0.717) is 18.9 Å². The number of rotatable bonds is 3. The van der Waals surface area contributed by atoms with Crippen LogP contribution in [0.5, 0.6) is 0 Å². The van der Waals surface area contributed by atoms with E-state index in [-0.39, 0.29) is 18.2 Å². The van der Waals surface area contributed by atoms with E-state index >= 15 is 0 Å². The Bertz CT molecular complexity index is 764. The first-order valence-electron chi connectivity index (χ1n) is 8.11. The van der Waals surface area contributed by atoms with Crippen molar-refractivity contribution in [2.24, 2.45) is 14.1 Å². The summed E-state index contributed by atoms with van der Waals surface area (Å²) in [7, 11) is 3.34. The predicted octanol–water partition coefficient (Wildman–Crippen LogP) is 2.12. The van der Waals surface area contributed by atoms with Crippen molar-refractivity contribution in [2.45, 2.75) is 31.4 Å². The van der Waals surface area contributed by atoms with E-state index in [9.17, 15) is 18.0 Å². The zero-order valence-corrected chi connectivity index (χ0v) is 14.1. The Morgan fingerprint density at radius 2 is 2.12 bits per heavy atom. The summed E-state index contributed by atoms with van der Waals surface area (Å²) in [4.78, 5) is 18.0. The second-order valence-electron chi connectivity index (χ2n) is 6.39. The smallest absolute Gasteiger partial charge is 0.342 e. The van der Waals surface area contributed by atoms with Crippen LogP contribution >= 0.6 is 0 Å². The van der Waals surface area contributed by atoms with Gasteiger partial charge in [-0.3, -0.25) is 9.48 Å². The highest BCUT2D eigenvalue weighted by Crippen LogP contribution is 2.32. The van der Waals surface area contributed by atoms with Gasteiger partial charge in [-0.25, -0.2) is 4.98 Å². The molecule has 2 aromatic heterocycles. The van der Waals surface area contributed by atoms with Crippen LogP contribution in [0.15, 0.2) is 18.5 Å². The molecule has 2 aromatic rings. The molecule has 0 aromatic carbocycles. The minimum Gasteiger partial charge on any atom is -0.342 e. The Morgan fingerprint density at radius 3 is 2.72 bits per heavy atom. The lowest BCUT2D eigenvalue weighted by molar-refractivity contribution is -0.141. The van der Waals surface area contributed by atoms with Gasteiger partial charge in [0.25, 0.3) is 0 Å². The van der Waals surface area contributed by atoms with Gasteiger partial charge in [-0.15, -0.1) is 0 Å². The van der Waals surface area contributed by atoms with Crippen LogP contribution in [0.2, 0.25) is 0 Å². The average molecular weight is 355 g/mol. The standard InChI is InChI=1S/C16H20F3N5O/c1-22-10-13(16(17,18)19)21-15(22)11-4-3-7-24(9-11)14(25)8-12-5-6-20-23(12)2/h5-6,10-11H,3-4,7-9H2,1-2H3/t11-/m1/s1. The molecule has 25 heavy (non-hydrogen) atoms. The van der Waals surface area contributed by atoms with E-state index in [1.807, 2.05) is 0 Å². The maximum atomic E-state index is 12.9. The van der Waals surface area contributed by atoms with Gasteiger partial charge < -0.3 is 9.47 Å². The van der Waals surface area contributed by atoms with Crippen molar-refractivity contribution < 1.29 is 18.0 Å². The Kier molecular flexibility index (Phi) is 4.57. The first kappa shape index (κ1) is 17.5. The molecule has 6 nitrogen and oxygen atoms in total. The van der Waals surface area contributed by atoms with Crippen LogP contribution in [0.25, 0.3) is 0 Å². The molecule has 0 unspecified atom stereocenters. The second kappa shape index (κ2) is 6.53. The SMILES string of the molecule is Cn1cc(C(F)(F)F)nc1[C@@H]1CCCN(C(=O)Cc2ccnn2C)C1. The molecule has 9 heteroatoms. The lowest BCUT2D eigenvalue weighted by Gasteiger charge is -2.32. The van der Waals surface area contributed by atoms with E-state index in [1.165, 1.54) is 4.57 Å². The summed E-state index contributed by atoms with van der Waals surface area (Å²) in [6.07, 6.45) is -0.120. The number of hydrogen-bond donors (Lipinski definition) is 0. The molecule has 0 spiro atoms. The molecule has 1 fully saturated rings. The number of piperidine rings is 1. The zero-order valence-electron chi connectivity index (χ0n) is 14.1. The van der Waals surface area contributed by atoms with Crippen LogP contribution in [0.1, 0.15) is 36.0 Å². The first-order chi connectivity index (χ1) is 11.8. The molecule has 0 radical (unpaired) electrons. The van der Waals surface area contributed by atoms with Crippen LogP contribution in [0, 0.1) is 0 Å². The maximum absolute atomic E-state index is 12.9. The van der Waals surface area contributed by atoms with Crippen molar-refractivity contribution in [2.75, 3.05) is 13.1 Å². The molecule has 1 aliphatic rings. The summed E-state index contributed by atoms with van der Waals surface area (Å²) in [5.41, 5.74) is -0.0770. The highest BCUT2D eigenvalue weighted by molar-refractivity contribution is 5.78.